The number of rotatable bonds is 6. The summed E-state index contributed by atoms with van der Waals surface area (Å²) in [5, 5.41) is 7.55. The summed E-state index contributed by atoms with van der Waals surface area (Å²) in [4.78, 5) is 24.0. The maximum absolute atomic E-state index is 12.5. The van der Waals surface area contributed by atoms with E-state index < -0.39 is 5.97 Å². The average Bonchev–Trinajstić information content (AvgIpc) is 3.17. The van der Waals surface area contributed by atoms with Gasteiger partial charge in [-0.15, -0.1) is 0 Å². The van der Waals surface area contributed by atoms with Crippen LogP contribution in [-0.2, 0) is 14.9 Å². The van der Waals surface area contributed by atoms with Gasteiger partial charge in [0.2, 0.25) is 0 Å². The summed E-state index contributed by atoms with van der Waals surface area (Å²) >= 11 is 0. The average molecular weight is 407 g/mol. The van der Waals surface area contributed by atoms with Crippen molar-refractivity contribution >= 4 is 17.7 Å². The molecule has 0 atom stereocenters. The highest BCUT2D eigenvalue weighted by Crippen LogP contribution is 2.26. The second-order valence-corrected chi connectivity index (χ2v) is 7.76. The van der Waals surface area contributed by atoms with Crippen molar-refractivity contribution in [3.8, 4) is 11.4 Å². The van der Waals surface area contributed by atoms with Crippen LogP contribution in [0.1, 0.15) is 36.8 Å². The lowest BCUT2D eigenvalue weighted by molar-refractivity contribution is -0.118. The largest absolute Gasteiger partial charge is 0.484 e. The van der Waals surface area contributed by atoms with Crippen LogP contribution in [0.25, 0.3) is 5.69 Å². The Morgan fingerprint density at radius 2 is 1.70 bits per heavy atom. The van der Waals surface area contributed by atoms with Crippen molar-refractivity contribution in [2.75, 3.05) is 19.0 Å². The van der Waals surface area contributed by atoms with Crippen molar-refractivity contribution in [2.24, 2.45) is 0 Å². The summed E-state index contributed by atoms with van der Waals surface area (Å²) in [6.07, 6.45) is 0. The predicted octanol–water partition coefficient (Wildman–Crippen LogP) is 3.97. The molecule has 7 nitrogen and oxygen atoms in total. The van der Waals surface area contributed by atoms with Crippen LogP contribution in [-0.4, -0.2) is 35.4 Å². The number of ether oxygens (including phenoxy) is 2. The monoisotopic (exact) mass is 407 g/mol. The molecule has 0 saturated carbocycles. The Labute approximate surface area is 175 Å². The van der Waals surface area contributed by atoms with Crippen molar-refractivity contribution < 1.29 is 19.1 Å². The molecule has 0 bridgehead atoms. The molecule has 2 aromatic carbocycles. The molecule has 3 aromatic rings. The molecule has 1 amide bonds. The van der Waals surface area contributed by atoms with Crippen molar-refractivity contribution in [1.29, 1.82) is 0 Å². The molecule has 3 rings (SSSR count). The molecule has 0 aliphatic carbocycles. The Morgan fingerprint density at radius 3 is 2.30 bits per heavy atom. The topological polar surface area (TPSA) is 82.4 Å². The predicted molar refractivity (Wildman–Crippen MR) is 114 cm³/mol. The highest BCUT2D eigenvalue weighted by Gasteiger charge is 2.21. The van der Waals surface area contributed by atoms with E-state index in [1.54, 1.807) is 28.9 Å². The minimum atomic E-state index is -0.428. The van der Waals surface area contributed by atoms with Gasteiger partial charge in [0.25, 0.3) is 5.91 Å². The molecule has 0 fully saturated rings. The van der Waals surface area contributed by atoms with E-state index >= 15 is 0 Å². The van der Waals surface area contributed by atoms with Crippen molar-refractivity contribution in [1.82, 2.24) is 9.78 Å². The molecule has 1 aromatic heterocycles. The second kappa shape index (κ2) is 8.82. The third kappa shape index (κ3) is 5.05. The molecule has 0 spiro atoms. The van der Waals surface area contributed by atoms with Crippen LogP contribution >= 0.6 is 0 Å². The number of hydrogen-bond donors (Lipinski definition) is 1. The Balaban J connectivity index is 1.71. The highest BCUT2D eigenvalue weighted by molar-refractivity contribution is 5.91. The number of nitrogens with zero attached hydrogens (tertiary/aromatic N) is 2. The minimum Gasteiger partial charge on any atom is -0.484 e. The third-order valence-electron chi connectivity index (χ3n) is 4.39. The molecule has 0 radical (unpaired) electrons. The van der Waals surface area contributed by atoms with Crippen molar-refractivity contribution in [3.05, 3.63) is 71.9 Å². The number of aromatic nitrogens is 2. The zero-order valence-electron chi connectivity index (χ0n) is 17.5. The first-order chi connectivity index (χ1) is 14.3. The molecule has 0 aliphatic rings. The summed E-state index contributed by atoms with van der Waals surface area (Å²) in [7, 11) is 1.32. The Morgan fingerprint density at radius 1 is 1.03 bits per heavy atom. The first-order valence-corrected chi connectivity index (χ1v) is 9.55. The number of anilines is 1. The molecule has 30 heavy (non-hydrogen) atoms. The number of hydrogen-bond acceptors (Lipinski definition) is 5. The van der Waals surface area contributed by atoms with Crippen LogP contribution in [0.5, 0.6) is 5.75 Å². The number of carbonyl (C=O) groups excluding carboxylic acids is 2. The maximum atomic E-state index is 12.5. The van der Waals surface area contributed by atoms with Gasteiger partial charge < -0.3 is 14.8 Å². The molecular weight excluding hydrogens is 382 g/mol. The summed E-state index contributed by atoms with van der Waals surface area (Å²) in [6.45, 7) is 6.02. The standard InChI is InChI=1S/C23H25N3O4/c1-23(2,3)19-14-20(26(25-19)17-8-6-5-7-9-17)24-21(27)15-30-18-12-10-16(11-13-18)22(28)29-4/h5-14H,15H2,1-4H3,(H,24,27). The normalized spacial score (nSPS) is 11.1. The maximum Gasteiger partial charge on any atom is 0.337 e. The van der Waals surface area contributed by atoms with Gasteiger partial charge in [0.1, 0.15) is 11.6 Å². The second-order valence-electron chi connectivity index (χ2n) is 7.76. The van der Waals surface area contributed by atoms with E-state index in [1.807, 2.05) is 36.4 Å². The van der Waals surface area contributed by atoms with Gasteiger partial charge in [0, 0.05) is 11.5 Å². The lowest BCUT2D eigenvalue weighted by Gasteiger charge is -2.14. The Hall–Kier alpha value is -3.61. The zero-order valence-corrected chi connectivity index (χ0v) is 17.5. The first-order valence-electron chi connectivity index (χ1n) is 9.55. The van der Waals surface area contributed by atoms with E-state index in [9.17, 15) is 9.59 Å². The highest BCUT2D eigenvalue weighted by atomic mass is 16.5. The van der Waals surface area contributed by atoms with E-state index in [-0.39, 0.29) is 17.9 Å². The lowest BCUT2D eigenvalue weighted by atomic mass is 9.92. The van der Waals surface area contributed by atoms with Gasteiger partial charge >= 0.3 is 5.97 Å². The van der Waals surface area contributed by atoms with E-state index in [4.69, 9.17) is 4.74 Å². The molecule has 7 heteroatoms. The minimum absolute atomic E-state index is 0.169. The van der Waals surface area contributed by atoms with E-state index in [0.717, 1.165) is 11.4 Å². The third-order valence-corrected chi connectivity index (χ3v) is 4.39. The fourth-order valence-corrected chi connectivity index (χ4v) is 2.74. The van der Waals surface area contributed by atoms with Crippen LogP contribution in [0.4, 0.5) is 5.82 Å². The Bertz CT molecular complexity index is 1020. The lowest BCUT2D eigenvalue weighted by Crippen LogP contribution is -2.21. The number of benzene rings is 2. The SMILES string of the molecule is COC(=O)c1ccc(OCC(=O)Nc2cc(C(C)(C)C)nn2-c2ccccc2)cc1. The summed E-state index contributed by atoms with van der Waals surface area (Å²) in [5.41, 5.74) is 1.96. The number of amides is 1. The smallest absolute Gasteiger partial charge is 0.337 e. The van der Waals surface area contributed by atoms with Gasteiger partial charge in [-0.05, 0) is 36.4 Å². The van der Waals surface area contributed by atoms with Crippen LogP contribution in [0, 0.1) is 0 Å². The van der Waals surface area contributed by atoms with Crippen LogP contribution in [0.2, 0.25) is 0 Å². The summed E-state index contributed by atoms with van der Waals surface area (Å²) in [5.74, 6) is 0.304. The number of nitrogens with one attached hydrogen (secondary N) is 1. The van der Waals surface area contributed by atoms with Gasteiger partial charge in [-0.2, -0.15) is 5.10 Å². The fraction of sp³-hybridized carbons (Fsp3) is 0.261. The van der Waals surface area contributed by atoms with Crippen LogP contribution in [0.15, 0.2) is 60.7 Å². The molecule has 0 saturated heterocycles. The van der Waals surface area contributed by atoms with Crippen molar-refractivity contribution in [3.63, 3.8) is 0 Å². The molecule has 1 heterocycles. The summed E-state index contributed by atoms with van der Waals surface area (Å²) in [6, 6.07) is 17.9. The van der Waals surface area contributed by atoms with E-state index in [2.05, 4.69) is 35.9 Å². The molecule has 0 unspecified atom stereocenters. The van der Waals surface area contributed by atoms with Gasteiger partial charge in [0.15, 0.2) is 6.61 Å². The van der Waals surface area contributed by atoms with E-state index in [0.29, 0.717) is 17.1 Å². The summed E-state index contributed by atoms with van der Waals surface area (Å²) < 4.78 is 11.9. The molecular formula is C23H25N3O4. The van der Waals surface area contributed by atoms with Gasteiger partial charge in [-0.3, -0.25) is 4.79 Å². The Kier molecular flexibility index (Phi) is 6.20. The zero-order chi connectivity index (χ0) is 21.7. The fourth-order valence-electron chi connectivity index (χ4n) is 2.74. The number of methoxy groups -OCH3 is 1. The van der Waals surface area contributed by atoms with E-state index in [1.165, 1.54) is 7.11 Å². The van der Waals surface area contributed by atoms with Crippen LogP contribution < -0.4 is 10.1 Å². The van der Waals surface area contributed by atoms with Gasteiger partial charge in [0.05, 0.1) is 24.1 Å². The van der Waals surface area contributed by atoms with Gasteiger partial charge in [-0.25, -0.2) is 9.48 Å². The quantitative estimate of drug-likeness (QED) is 0.625. The number of para-hydroxylation sites is 1. The van der Waals surface area contributed by atoms with Gasteiger partial charge in [-0.1, -0.05) is 39.0 Å². The number of carbonyl (C=O) groups is 2. The van der Waals surface area contributed by atoms with Crippen LogP contribution in [0.3, 0.4) is 0 Å². The van der Waals surface area contributed by atoms with Crippen molar-refractivity contribution in [2.45, 2.75) is 26.2 Å². The number of esters is 1. The molecule has 1 N–H and O–H groups in total. The molecule has 156 valence electrons. The molecule has 0 aliphatic heterocycles. The first kappa shape index (κ1) is 21.1.